The molecule has 1 aliphatic heterocycles. The maximum Gasteiger partial charge on any atom is 0.356 e. The van der Waals surface area contributed by atoms with Crippen molar-refractivity contribution < 1.29 is 19.4 Å². The fourth-order valence-electron chi connectivity index (χ4n) is 4.24. The van der Waals surface area contributed by atoms with E-state index in [2.05, 4.69) is 30.2 Å². The molecule has 1 saturated carbocycles. The number of benzene rings is 1. The summed E-state index contributed by atoms with van der Waals surface area (Å²) >= 11 is 0. The monoisotopic (exact) mass is 369 g/mol. The number of carbonyl (C=O) groups is 2. The van der Waals surface area contributed by atoms with E-state index in [0.29, 0.717) is 31.5 Å². The van der Waals surface area contributed by atoms with Crippen LogP contribution in [0, 0.1) is 18.8 Å². The first-order chi connectivity index (χ1) is 13.0. The number of aromatic nitrogens is 2. The van der Waals surface area contributed by atoms with Gasteiger partial charge in [0.05, 0.1) is 12.7 Å². The zero-order valence-electron chi connectivity index (χ0n) is 15.2. The molecule has 1 saturated heterocycles. The van der Waals surface area contributed by atoms with Crippen molar-refractivity contribution in [2.24, 2.45) is 11.8 Å². The van der Waals surface area contributed by atoms with Gasteiger partial charge in [-0.2, -0.15) is 9.78 Å². The van der Waals surface area contributed by atoms with Crippen molar-refractivity contribution in [3.63, 3.8) is 0 Å². The van der Waals surface area contributed by atoms with Crippen molar-refractivity contribution in [1.82, 2.24) is 14.7 Å². The minimum Gasteiger partial charge on any atom is -0.476 e. The predicted octanol–water partition coefficient (Wildman–Crippen LogP) is 2.79. The normalized spacial score (nSPS) is 24.2. The largest absolute Gasteiger partial charge is 0.476 e. The van der Waals surface area contributed by atoms with Gasteiger partial charge in [0.15, 0.2) is 5.69 Å². The van der Waals surface area contributed by atoms with Gasteiger partial charge in [0.1, 0.15) is 0 Å². The highest BCUT2D eigenvalue weighted by Gasteiger charge is 2.43. The first-order valence-corrected chi connectivity index (χ1v) is 9.25. The van der Waals surface area contributed by atoms with Crippen molar-refractivity contribution in [2.75, 3.05) is 13.1 Å². The third kappa shape index (κ3) is 3.73. The average Bonchev–Trinajstić information content (AvgIpc) is 3.34. The molecule has 2 fully saturated rings. The molecule has 7 heteroatoms. The van der Waals surface area contributed by atoms with Crippen LogP contribution in [0.2, 0.25) is 0 Å². The summed E-state index contributed by atoms with van der Waals surface area (Å²) in [7, 11) is 0. The summed E-state index contributed by atoms with van der Waals surface area (Å²) in [5.74, 6) is -0.259. The SMILES string of the molecule is Cc1cccc(CO[C@@H]2C[C@@H]3CN(C(=O)n4ccc(C(=O)O)n4)C[C@@H]3C2)c1. The number of carboxylic acid groups (broad SMARTS) is 1. The Morgan fingerprint density at radius 2 is 1.96 bits per heavy atom. The van der Waals surface area contributed by atoms with E-state index < -0.39 is 5.97 Å². The van der Waals surface area contributed by atoms with Gasteiger partial charge in [0.2, 0.25) is 0 Å². The lowest BCUT2D eigenvalue weighted by molar-refractivity contribution is 0.0383. The Morgan fingerprint density at radius 1 is 1.22 bits per heavy atom. The molecular weight excluding hydrogens is 346 g/mol. The second kappa shape index (κ2) is 7.15. The summed E-state index contributed by atoms with van der Waals surface area (Å²) in [6.07, 6.45) is 3.56. The van der Waals surface area contributed by atoms with Crippen LogP contribution in [0.5, 0.6) is 0 Å². The smallest absolute Gasteiger partial charge is 0.356 e. The lowest BCUT2D eigenvalue weighted by Crippen LogP contribution is -2.34. The molecule has 1 aromatic carbocycles. The number of rotatable bonds is 4. The molecular formula is C20H23N3O4. The molecule has 4 rings (SSSR count). The fraction of sp³-hybridized carbons (Fsp3) is 0.450. The molecule has 2 aromatic rings. The molecule has 2 aliphatic rings. The minimum absolute atomic E-state index is 0.118. The molecule has 27 heavy (non-hydrogen) atoms. The van der Waals surface area contributed by atoms with Crippen LogP contribution >= 0.6 is 0 Å². The zero-order valence-corrected chi connectivity index (χ0v) is 15.2. The summed E-state index contributed by atoms with van der Waals surface area (Å²) in [5, 5.41) is 12.8. The molecule has 1 aliphatic carbocycles. The second-order valence-corrected chi connectivity index (χ2v) is 7.55. The molecule has 0 bridgehead atoms. The molecule has 142 valence electrons. The van der Waals surface area contributed by atoms with Gasteiger partial charge >= 0.3 is 12.0 Å². The van der Waals surface area contributed by atoms with E-state index in [0.717, 1.165) is 17.5 Å². The Labute approximate surface area is 157 Å². The molecule has 0 unspecified atom stereocenters. The number of carbonyl (C=O) groups excluding carboxylic acids is 1. The van der Waals surface area contributed by atoms with Crippen molar-refractivity contribution in [3.8, 4) is 0 Å². The molecule has 2 heterocycles. The number of carboxylic acids is 1. The van der Waals surface area contributed by atoms with Crippen molar-refractivity contribution in [2.45, 2.75) is 32.5 Å². The van der Waals surface area contributed by atoms with E-state index in [-0.39, 0.29) is 17.8 Å². The van der Waals surface area contributed by atoms with Gasteiger partial charge in [-0.05, 0) is 43.2 Å². The Morgan fingerprint density at radius 3 is 2.59 bits per heavy atom. The molecule has 3 atom stereocenters. The van der Waals surface area contributed by atoms with Gasteiger partial charge in [0, 0.05) is 19.3 Å². The maximum absolute atomic E-state index is 12.5. The zero-order chi connectivity index (χ0) is 19.0. The van der Waals surface area contributed by atoms with E-state index in [1.807, 2.05) is 6.07 Å². The Bertz CT molecular complexity index is 848. The predicted molar refractivity (Wildman–Crippen MR) is 97.5 cm³/mol. The average molecular weight is 369 g/mol. The Balaban J connectivity index is 1.30. The van der Waals surface area contributed by atoms with Crippen LogP contribution in [0.4, 0.5) is 4.79 Å². The van der Waals surface area contributed by atoms with Gasteiger partial charge in [-0.3, -0.25) is 0 Å². The summed E-state index contributed by atoms with van der Waals surface area (Å²) in [4.78, 5) is 25.2. The number of hydrogen-bond acceptors (Lipinski definition) is 4. The third-order valence-electron chi connectivity index (χ3n) is 5.55. The fourth-order valence-corrected chi connectivity index (χ4v) is 4.24. The van der Waals surface area contributed by atoms with Crippen LogP contribution in [0.15, 0.2) is 36.5 Å². The van der Waals surface area contributed by atoms with Crippen LogP contribution in [0.3, 0.4) is 0 Å². The van der Waals surface area contributed by atoms with Gasteiger partial charge in [-0.1, -0.05) is 29.8 Å². The van der Waals surface area contributed by atoms with Crippen LogP contribution in [-0.2, 0) is 11.3 Å². The van der Waals surface area contributed by atoms with Crippen molar-refractivity contribution in [1.29, 1.82) is 0 Å². The molecule has 7 nitrogen and oxygen atoms in total. The molecule has 1 N–H and O–H groups in total. The summed E-state index contributed by atoms with van der Waals surface area (Å²) < 4.78 is 7.23. The minimum atomic E-state index is -1.13. The molecule has 1 aromatic heterocycles. The third-order valence-corrected chi connectivity index (χ3v) is 5.55. The van der Waals surface area contributed by atoms with E-state index in [1.54, 1.807) is 4.90 Å². The summed E-state index contributed by atoms with van der Waals surface area (Å²) in [6, 6.07) is 9.44. The quantitative estimate of drug-likeness (QED) is 0.896. The standard InChI is InChI=1S/C20H23N3O4/c1-13-3-2-4-14(7-13)12-27-17-8-15-10-22(11-16(15)9-17)20(26)23-6-5-18(21-23)19(24)25/h2-7,15-17H,8-12H2,1H3,(H,24,25)/t15-,16+,17-. The number of amides is 1. The van der Waals surface area contributed by atoms with Crippen LogP contribution < -0.4 is 0 Å². The first kappa shape index (κ1) is 17.7. The molecule has 1 amide bonds. The van der Waals surface area contributed by atoms with Gasteiger partial charge in [-0.15, -0.1) is 0 Å². The van der Waals surface area contributed by atoms with E-state index in [4.69, 9.17) is 9.84 Å². The Kier molecular flexibility index (Phi) is 4.70. The van der Waals surface area contributed by atoms with Crippen LogP contribution in [0.25, 0.3) is 0 Å². The van der Waals surface area contributed by atoms with Gasteiger partial charge < -0.3 is 14.7 Å². The number of aryl methyl sites for hydroxylation is 1. The lowest BCUT2D eigenvalue weighted by atomic mass is 10.0. The number of fused-ring (bicyclic) bond motifs is 1. The highest BCUT2D eigenvalue weighted by molar-refractivity contribution is 5.86. The lowest BCUT2D eigenvalue weighted by Gasteiger charge is -2.19. The number of aromatic carboxylic acids is 1. The number of hydrogen-bond donors (Lipinski definition) is 1. The molecule has 0 spiro atoms. The van der Waals surface area contributed by atoms with E-state index >= 15 is 0 Å². The van der Waals surface area contributed by atoms with Crippen molar-refractivity contribution >= 4 is 12.0 Å². The van der Waals surface area contributed by atoms with Crippen molar-refractivity contribution in [3.05, 3.63) is 53.3 Å². The Hall–Kier alpha value is -2.67. The highest BCUT2D eigenvalue weighted by atomic mass is 16.5. The maximum atomic E-state index is 12.5. The van der Waals surface area contributed by atoms with Gasteiger partial charge in [-0.25, -0.2) is 9.59 Å². The highest BCUT2D eigenvalue weighted by Crippen LogP contribution is 2.39. The topological polar surface area (TPSA) is 84.7 Å². The molecule has 0 radical (unpaired) electrons. The number of ether oxygens (including phenoxy) is 1. The van der Waals surface area contributed by atoms with Gasteiger partial charge in [0.25, 0.3) is 0 Å². The second-order valence-electron chi connectivity index (χ2n) is 7.55. The van der Waals surface area contributed by atoms with E-state index in [1.165, 1.54) is 23.4 Å². The number of likely N-dealkylation sites (tertiary alicyclic amines) is 1. The number of nitrogens with zero attached hydrogens (tertiary/aromatic N) is 3. The van der Waals surface area contributed by atoms with Crippen LogP contribution in [0.1, 0.15) is 34.5 Å². The first-order valence-electron chi connectivity index (χ1n) is 9.25. The summed E-state index contributed by atoms with van der Waals surface area (Å²) in [5.41, 5.74) is 2.31. The summed E-state index contributed by atoms with van der Waals surface area (Å²) in [6.45, 7) is 4.06. The van der Waals surface area contributed by atoms with E-state index in [9.17, 15) is 9.59 Å². The van der Waals surface area contributed by atoms with Crippen LogP contribution in [-0.4, -0.2) is 51.0 Å².